The molecular formula is C14H23N5S. The Morgan fingerprint density at radius 1 is 1.25 bits per heavy atom. The van der Waals surface area contributed by atoms with Gasteiger partial charge in [-0.05, 0) is 31.3 Å². The Bertz CT molecular complexity index is 525. The van der Waals surface area contributed by atoms with E-state index in [2.05, 4.69) is 33.8 Å². The maximum Gasteiger partial charge on any atom is 0.180 e. The van der Waals surface area contributed by atoms with Crippen molar-refractivity contribution < 1.29 is 0 Å². The Kier molecular flexibility index (Phi) is 5.98. The molecule has 2 aromatic heterocycles. The lowest BCUT2D eigenvalue weighted by Gasteiger charge is -2.10. The smallest absolute Gasteiger partial charge is 0.180 e. The molecule has 2 rings (SSSR count). The fourth-order valence-corrected chi connectivity index (χ4v) is 2.46. The third-order valence-corrected chi connectivity index (χ3v) is 3.69. The highest BCUT2D eigenvalue weighted by Crippen LogP contribution is 2.16. The van der Waals surface area contributed by atoms with Crippen molar-refractivity contribution in [3.63, 3.8) is 0 Å². The quantitative estimate of drug-likeness (QED) is 0.696. The van der Waals surface area contributed by atoms with Gasteiger partial charge in [0.05, 0.1) is 6.20 Å². The van der Waals surface area contributed by atoms with Crippen LogP contribution in [0.3, 0.4) is 0 Å². The molecule has 0 aromatic carbocycles. The molecule has 20 heavy (non-hydrogen) atoms. The van der Waals surface area contributed by atoms with Gasteiger partial charge in [-0.2, -0.15) is 11.8 Å². The first-order valence-electron chi connectivity index (χ1n) is 7.15. The molecular weight excluding hydrogens is 270 g/mol. The number of imidazole rings is 1. The van der Waals surface area contributed by atoms with E-state index in [-0.39, 0.29) is 0 Å². The van der Waals surface area contributed by atoms with Crippen LogP contribution >= 0.6 is 11.8 Å². The Hall–Kier alpha value is -1.43. The number of fused-ring (bicyclic) bond motifs is 1. The summed E-state index contributed by atoms with van der Waals surface area (Å²) in [5.74, 6) is 2.97. The average Bonchev–Trinajstić information content (AvgIpc) is 2.93. The van der Waals surface area contributed by atoms with E-state index in [1.54, 1.807) is 6.20 Å². The summed E-state index contributed by atoms with van der Waals surface area (Å²) < 4.78 is 2.01. The first kappa shape index (κ1) is 15.0. The van der Waals surface area contributed by atoms with Gasteiger partial charge in [0.25, 0.3) is 0 Å². The summed E-state index contributed by atoms with van der Waals surface area (Å²) in [4.78, 5) is 8.98. The number of nitrogens with one attached hydrogen (secondary N) is 2. The molecule has 2 aromatic rings. The fourth-order valence-electron chi connectivity index (χ4n) is 1.97. The molecule has 0 saturated heterocycles. The highest BCUT2D eigenvalue weighted by Gasteiger charge is 2.06. The number of anilines is 2. The van der Waals surface area contributed by atoms with Gasteiger partial charge in [0, 0.05) is 25.5 Å². The van der Waals surface area contributed by atoms with Gasteiger partial charge in [-0.15, -0.1) is 0 Å². The van der Waals surface area contributed by atoms with E-state index >= 15 is 0 Å². The minimum absolute atomic E-state index is 0.861. The molecule has 0 amide bonds. The zero-order valence-electron chi connectivity index (χ0n) is 12.2. The molecule has 0 aliphatic heterocycles. The number of nitrogens with zero attached hydrogens (tertiary/aromatic N) is 3. The zero-order chi connectivity index (χ0) is 14.2. The van der Waals surface area contributed by atoms with Crippen LogP contribution in [0, 0.1) is 0 Å². The van der Waals surface area contributed by atoms with Crippen LogP contribution in [0.5, 0.6) is 0 Å². The third kappa shape index (κ3) is 4.03. The zero-order valence-corrected chi connectivity index (χ0v) is 13.0. The summed E-state index contributed by atoms with van der Waals surface area (Å²) in [5.41, 5.74) is 0.886. The number of hydrogen-bond donors (Lipinski definition) is 2. The van der Waals surface area contributed by atoms with Crippen molar-refractivity contribution in [1.29, 1.82) is 0 Å². The number of rotatable bonds is 9. The van der Waals surface area contributed by atoms with Crippen molar-refractivity contribution in [1.82, 2.24) is 14.4 Å². The maximum absolute atomic E-state index is 4.62. The van der Waals surface area contributed by atoms with Crippen LogP contribution in [0.4, 0.5) is 11.6 Å². The van der Waals surface area contributed by atoms with Gasteiger partial charge in [-0.25, -0.2) is 9.97 Å². The minimum Gasteiger partial charge on any atom is -0.369 e. The highest BCUT2D eigenvalue weighted by molar-refractivity contribution is 7.98. The van der Waals surface area contributed by atoms with E-state index in [4.69, 9.17) is 0 Å². The first-order valence-corrected chi connectivity index (χ1v) is 8.55. The van der Waals surface area contributed by atoms with Crippen LogP contribution in [0.1, 0.15) is 26.2 Å². The summed E-state index contributed by atoms with van der Waals surface area (Å²) >= 11 is 1.89. The van der Waals surface area contributed by atoms with Crippen LogP contribution in [0.25, 0.3) is 5.65 Å². The van der Waals surface area contributed by atoms with Gasteiger partial charge >= 0.3 is 0 Å². The monoisotopic (exact) mass is 293 g/mol. The van der Waals surface area contributed by atoms with Gasteiger partial charge in [-0.3, -0.25) is 0 Å². The molecule has 110 valence electrons. The Labute approximate surface area is 124 Å². The van der Waals surface area contributed by atoms with E-state index in [0.29, 0.717) is 0 Å². The average molecular weight is 293 g/mol. The van der Waals surface area contributed by atoms with Crippen LogP contribution in [-0.4, -0.2) is 39.5 Å². The molecule has 0 atom stereocenters. The molecule has 0 saturated carbocycles. The van der Waals surface area contributed by atoms with Gasteiger partial charge in [0.2, 0.25) is 0 Å². The summed E-state index contributed by atoms with van der Waals surface area (Å²) in [6.45, 7) is 4.02. The molecule has 0 spiro atoms. The topological polar surface area (TPSA) is 54.2 Å². The maximum atomic E-state index is 4.62. The lowest BCUT2D eigenvalue weighted by Crippen LogP contribution is -2.09. The van der Waals surface area contributed by atoms with Crippen LogP contribution in [0.15, 0.2) is 18.6 Å². The SMILES string of the molecule is CCCNc1cn2ccnc2c(NCCCCSC)n1. The molecule has 0 aliphatic rings. The fraction of sp³-hybridized carbons (Fsp3) is 0.571. The summed E-state index contributed by atoms with van der Waals surface area (Å²) in [6, 6.07) is 0. The van der Waals surface area contributed by atoms with E-state index in [0.717, 1.165) is 43.2 Å². The standard InChI is InChI=1S/C14H23N5S/c1-3-6-15-12-11-19-9-8-17-14(19)13(18-12)16-7-4-5-10-20-2/h8-9,11,15H,3-7,10H2,1-2H3,(H,16,18). The van der Waals surface area contributed by atoms with Crippen LogP contribution < -0.4 is 10.6 Å². The molecule has 6 heteroatoms. The van der Waals surface area contributed by atoms with Crippen molar-refractivity contribution in [3.8, 4) is 0 Å². The van der Waals surface area contributed by atoms with Crippen LogP contribution in [0.2, 0.25) is 0 Å². The Morgan fingerprint density at radius 2 is 2.15 bits per heavy atom. The molecule has 0 radical (unpaired) electrons. The minimum atomic E-state index is 0.861. The molecule has 5 nitrogen and oxygen atoms in total. The molecule has 2 heterocycles. The van der Waals surface area contributed by atoms with Crippen molar-refractivity contribution in [2.75, 3.05) is 35.7 Å². The van der Waals surface area contributed by atoms with E-state index in [1.807, 2.05) is 28.6 Å². The molecule has 0 unspecified atom stereocenters. The lowest BCUT2D eigenvalue weighted by atomic mass is 10.3. The van der Waals surface area contributed by atoms with Gasteiger partial charge in [0.1, 0.15) is 5.82 Å². The normalized spacial score (nSPS) is 10.9. The van der Waals surface area contributed by atoms with E-state index in [1.165, 1.54) is 12.2 Å². The second kappa shape index (κ2) is 7.99. The summed E-state index contributed by atoms with van der Waals surface area (Å²) in [6.07, 6.45) is 11.4. The molecule has 2 N–H and O–H groups in total. The highest BCUT2D eigenvalue weighted by atomic mass is 32.2. The van der Waals surface area contributed by atoms with Gasteiger partial charge < -0.3 is 15.0 Å². The molecule has 0 bridgehead atoms. The Balaban J connectivity index is 2.03. The Morgan fingerprint density at radius 3 is 2.95 bits per heavy atom. The number of thioether (sulfide) groups is 1. The predicted molar refractivity (Wildman–Crippen MR) is 87.9 cm³/mol. The van der Waals surface area contributed by atoms with Crippen molar-refractivity contribution in [2.45, 2.75) is 26.2 Å². The summed E-state index contributed by atoms with van der Waals surface area (Å²) in [5, 5.41) is 6.73. The first-order chi connectivity index (χ1) is 9.85. The second-order valence-corrected chi connectivity index (χ2v) is 5.67. The molecule has 0 aliphatic carbocycles. The van der Waals surface area contributed by atoms with E-state index in [9.17, 15) is 0 Å². The predicted octanol–water partition coefficient (Wildman–Crippen LogP) is 3.11. The number of unbranched alkanes of at least 4 members (excludes halogenated alkanes) is 1. The summed E-state index contributed by atoms with van der Waals surface area (Å²) in [7, 11) is 0. The van der Waals surface area contributed by atoms with Crippen molar-refractivity contribution >= 4 is 29.0 Å². The van der Waals surface area contributed by atoms with E-state index < -0.39 is 0 Å². The number of hydrogen-bond acceptors (Lipinski definition) is 5. The van der Waals surface area contributed by atoms with Crippen molar-refractivity contribution in [2.24, 2.45) is 0 Å². The van der Waals surface area contributed by atoms with Gasteiger partial charge in [0.15, 0.2) is 11.5 Å². The second-order valence-electron chi connectivity index (χ2n) is 4.69. The lowest BCUT2D eigenvalue weighted by molar-refractivity contribution is 0.839. The van der Waals surface area contributed by atoms with Crippen LogP contribution in [-0.2, 0) is 0 Å². The largest absolute Gasteiger partial charge is 0.369 e. The van der Waals surface area contributed by atoms with Gasteiger partial charge in [-0.1, -0.05) is 6.92 Å². The molecule has 0 fully saturated rings. The van der Waals surface area contributed by atoms with Crippen molar-refractivity contribution in [3.05, 3.63) is 18.6 Å². The third-order valence-electron chi connectivity index (χ3n) is 3.00. The number of aromatic nitrogens is 3.